The van der Waals surface area contributed by atoms with E-state index in [0.29, 0.717) is 16.3 Å². The van der Waals surface area contributed by atoms with Crippen LogP contribution in [-0.2, 0) is 14.3 Å². The van der Waals surface area contributed by atoms with Crippen molar-refractivity contribution in [3.8, 4) is 5.75 Å². The summed E-state index contributed by atoms with van der Waals surface area (Å²) in [4.78, 5) is 39.8. The van der Waals surface area contributed by atoms with E-state index in [9.17, 15) is 19.5 Å². The van der Waals surface area contributed by atoms with Crippen LogP contribution in [0.15, 0.2) is 42.5 Å². The highest BCUT2D eigenvalue weighted by molar-refractivity contribution is 6.34. The normalized spacial score (nSPS) is 12.9. The Labute approximate surface area is 198 Å². The quantitative estimate of drug-likeness (QED) is 0.573. The lowest BCUT2D eigenvalue weighted by Crippen LogP contribution is -2.49. The van der Waals surface area contributed by atoms with Crippen LogP contribution in [0.1, 0.15) is 44.9 Å². The van der Waals surface area contributed by atoms with Gasteiger partial charge in [-0.1, -0.05) is 35.9 Å². The summed E-state index contributed by atoms with van der Waals surface area (Å²) in [5.74, 6) is -1.11. The number of nitrogens with one attached hydrogen (secondary N) is 2. The lowest BCUT2D eigenvalue weighted by Gasteiger charge is -2.30. The predicted molar refractivity (Wildman–Crippen MR) is 127 cm³/mol. The van der Waals surface area contributed by atoms with Gasteiger partial charge in [-0.2, -0.15) is 0 Å². The van der Waals surface area contributed by atoms with Gasteiger partial charge in [-0.15, -0.1) is 0 Å². The number of aryl methyl sites for hydroxylation is 1. The van der Waals surface area contributed by atoms with Crippen LogP contribution >= 0.6 is 11.6 Å². The number of benzene rings is 2. The first-order valence-electron chi connectivity index (χ1n) is 10.4. The van der Waals surface area contributed by atoms with Gasteiger partial charge in [-0.3, -0.25) is 9.59 Å². The van der Waals surface area contributed by atoms with Crippen LogP contribution in [0.25, 0.3) is 0 Å². The summed E-state index contributed by atoms with van der Waals surface area (Å²) in [5.41, 5.74) is 0.835. The second-order valence-corrected chi connectivity index (χ2v) is 9.14. The van der Waals surface area contributed by atoms with Gasteiger partial charge in [0.15, 0.2) is 0 Å². The van der Waals surface area contributed by atoms with Gasteiger partial charge < -0.3 is 25.4 Å². The first-order valence-corrected chi connectivity index (χ1v) is 10.8. The molecule has 8 nitrogen and oxygen atoms in total. The molecule has 9 heteroatoms. The van der Waals surface area contributed by atoms with E-state index in [1.54, 1.807) is 58.0 Å². The largest absolute Gasteiger partial charge is 0.508 e. The molecule has 0 bridgehead atoms. The monoisotopic (exact) mass is 475 g/mol. The van der Waals surface area contributed by atoms with Crippen molar-refractivity contribution in [2.75, 3.05) is 12.4 Å². The van der Waals surface area contributed by atoms with Crippen molar-refractivity contribution in [1.29, 1.82) is 0 Å². The molecular formula is C24H30ClN3O5. The highest BCUT2D eigenvalue weighted by atomic mass is 35.5. The van der Waals surface area contributed by atoms with Gasteiger partial charge in [0.1, 0.15) is 23.4 Å². The zero-order valence-electron chi connectivity index (χ0n) is 19.6. The highest BCUT2D eigenvalue weighted by Crippen LogP contribution is 2.29. The minimum Gasteiger partial charge on any atom is -0.508 e. The summed E-state index contributed by atoms with van der Waals surface area (Å²) in [6, 6.07) is 9.19. The molecule has 2 unspecified atom stereocenters. The number of nitrogens with zero attached hydrogens (tertiary/aromatic N) is 1. The molecule has 0 saturated heterocycles. The number of aromatic hydroxyl groups is 1. The van der Waals surface area contributed by atoms with Crippen molar-refractivity contribution in [3.05, 3.63) is 58.6 Å². The summed E-state index contributed by atoms with van der Waals surface area (Å²) in [5, 5.41) is 15.6. The van der Waals surface area contributed by atoms with Crippen LogP contribution in [0.4, 0.5) is 10.5 Å². The minimum atomic E-state index is -1.11. The van der Waals surface area contributed by atoms with Gasteiger partial charge in [0, 0.05) is 7.05 Å². The number of rotatable bonds is 6. The Kier molecular flexibility index (Phi) is 8.33. The number of para-hydroxylation sites is 1. The number of phenolic OH excluding ortho intramolecular Hbond substituents is 1. The second kappa shape index (κ2) is 10.6. The third kappa shape index (κ3) is 7.12. The molecule has 33 heavy (non-hydrogen) atoms. The number of alkyl carbamates (subject to hydrolysis) is 1. The zero-order chi connectivity index (χ0) is 24.9. The maximum absolute atomic E-state index is 13.3. The lowest BCUT2D eigenvalue weighted by atomic mass is 10.0. The van der Waals surface area contributed by atoms with E-state index in [-0.39, 0.29) is 5.75 Å². The summed E-state index contributed by atoms with van der Waals surface area (Å²) < 4.78 is 5.20. The van der Waals surface area contributed by atoms with Crippen molar-refractivity contribution < 1.29 is 24.2 Å². The Morgan fingerprint density at radius 2 is 1.76 bits per heavy atom. The number of carbonyl (C=O) groups excluding carboxylic acids is 3. The van der Waals surface area contributed by atoms with Crippen LogP contribution in [0, 0.1) is 6.92 Å². The molecule has 0 fully saturated rings. The number of hydrogen-bond acceptors (Lipinski definition) is 5. The molecule has 2 aromatic rings. The molecular weight excluding hydrogens is 446 g/mol. The molecule has 0 aliphatic carbocycles. The average Bonchev–Trinajstić information content (AvgIpc) is 2.69. The molecule has 3 N–H and O–H groups in total. The first kappa shape index (κ1) is 26.0. The van der Waals surface area contributed by atoms with E-state index in [1.807, 2.05) is 0 Å². The number of ether oxygens (including phenoxy) is 1. The zero-order valence-corrected chi connectivity index (χ0v) is 20.4. The highest BCUT2D eigenvalue weighted by Gasteiger charge is 2.33. The van der Waals surface area contributed by atoms with E-state index in [0.717, 1.165) is 5.56 Å². The fourth-order valence-electron chi connectivity index (χ4n) is 3.21. The Hall–Kier alpha value is -3.26. The van der Waals surface area contributed by atoms with E-state index in [2.05, 4.69) is 10.6 Å². The van der Waals surface area contributed by atoms with Crippen molar-refractivity contribution in [2.24, 2.45) is 0 Å². The van der Waals surface area contributed by atoms with Crippen LogP contribution in [-0.4, -0.2) is 46.6 Å². The van der Waals surface area contributed by atoms with Crippen molar-refractivity contribution in [2.45, 2.75) is 52.3 Å². The van der Waals surface area contributed by atoms with E-state index in [1.165, 1.54) is 31.0 Å². The molecule has 0 aliphatic heterocycles. The number of anilines is 1. The van der Waals surface area contributed by atoms with Crippen molar-refractivity contribution >= 4 is 35.2 Å². The van der Waals surface area contributed by atoms with Crippen LogP contribution < -0.4 is 10.6 Å². The number of carbonyl (C=O) groups is 3. The Morgan fingerprint density at radius 3 is 2.33 bits per heavy atom. The lowest BCUT2D eigenvalue weighted by molar-refractivity contribution is -0.138. The minimum absolute atomic E-state index is 0.0556. The molecule has 0 spiro atoms. The van der Waals surface area contributed by atoms with Gasteiger partial charge in [0.25, 0.3) is 5.91 Å². The van der Waals surface area contributed by atoms with Gasteiger partial charge in [0.2, 0.25) is 5.91 Å². The molecule has 2 aromatic carbocycles. The summed E-state index contributed by atoms with van der Waals surface area (Å²) in [6.07, 6.45) is -0.748. The average molecular weight is 476 g/mol. The Balaban J connectivity index is 2.32. The van der Waals surface area contributed by atoms with Crippen molar-refractivity contribution in [1.82, 2.24) is 10.2 Å². The van der Waals surface area contributed by atoms with E-state index >= 15 is 0 Å². The number of phenols is 1. The van der Waals surface area contributed by atoms with E-state index < -0.39 is 35.6 Å². The SMILES string of the molecule is Cc1cccc(Cl)c1NC(=O)C(c1cccc(O)c1)N(C)C(=O)C(C)NC(=O)OC(C)(C)C. The molecule has 0 radical (unpaired) electrons. The predicted octanol–water partition coefficient (Wildman–Crippen LogP) is 4.41. The molecule has 2 rings (SSSR count). The van der Waals surface area contributed by atoms with Gasteiger partial charge in [0.05, 0.1) is 10.7 Å². The summed E-state index contributed by atoms with van der Waals surface area (Å²) >= 11 is 6.26. The number of halogens is 1. The second-order valence-electron chi connectivity index (χ2n) is 8.74. The Morgan fingerprint density at radius 1 is 1.12 bits per heavy atom. The summed E-state index contributed by atoms with van der Waals surface area (Å²) in [6.45, 7) is 8.43. The molecule has 0 aromatic heterocycles. The Bertz CT molecular complexity index is 1010. The van der Waals surface area contributed by atoms with Crippen LogP contribution in [0.5, 0.6) is 5.75 Å². The van der Waals surface area contributed by atoms with Gasteiger partial charge in [-0.05, 0) is 63.9 Å². The molecule has 2 atom stereocenters. The fraction of sp³-hybridized carbons (Fsp3) is 0.375. The van der Waals surface area contributed by atoms with Gasteiger partial charge >= 0.3 is 6.09 Å². The van der Waals surface area contributed by atoms with Crippen LogP contribution in [0.3, 0.4) is 0 Å². The third-order valence-corrected chi connectivity index (χ3v) is 5.06. The topological polar surface area (TPSA) is 108 Å². The molecule has 0 heterocycles. The molecule has 0 aliphatic rings. The first-order chi connectivity index (χ1) is 15.3. The fourth-order valence-corrected chi connectivity index (χ4v) is 3.48. The molecule has 3 amide bonds. The van der Waals surface area contributed by atoms with Crippen molar-refractivity contribution in [3.63, 3.8) is 0 Å². The van der Waals surface area contributed by atoms with Crippen LogP contribution in [0.2, 0.25) is 5.02 Å². The van der Waals surface area contributed by atoms with E-state index in [4.69, 9.17) is 16.3 Å². The maximum atomic E-state index is 13.3. The molecule has 0 saturated carbocycles. The van der Waals surface area contributed by atoms with Gasteiger partial charge in [-0.25, -0.2) is 4.79 Å². The summed E-state index contributed by atoms with van der Waals surface area (Å²) in [7, 11) is 1.45. The number of amides is 3. The standard InChI is InChI=1S/C24H30ClN3O5/c1-14-9-7-12-18(25)19(14)27-21(30)20(16-10-8-11-17(29)13-16)28(6)22(31)15(2)26-23(32)33-24(3,4)5/h7-13,15,20,29H,1-6H3,(H,26,32)(H,27,30). The number of likely N-dealkylation sites (N-methyl/N-ethyl adjacent to an activating group) is 1. The third-order valence-electron chi connectivity index (χ3n) is 4.74. The maximum Gasteiger partial charge on any atom is 0.408 e. The number of hydrogen-bond donors (Lipinski definition) is 3. The smallest absolute Gasteiger partial charge is 0.408 e. The molecule has 178 valence electrons.